The SMILES string of the molecule is CC#CC(C)Oc1cc(N)c(Cl)cc1C(=O)NC1CCN2CCCC1C2. The van der Waals surface area contributed by atoms with Crippen molar-refractivity contribution in [3.05, 3.63) is 22.7 Å². The van der Waals surface area contributed by atoms with Gasteiger partial charge in [-0.1, -0.05) is 17.5 Å². The molecule has 0 saturated carbocycles. The molecular weight excluding hydrogens is 350 g/mol. The zero-order valence-electron chi connectivity index (χ0n) is 15.3. The van der Waals surface area contributed by atoms with Crippen LogP contribution in [0, 0.1) is 17.8 Å². The number of nitrogen functional groups attached to an aromatic ring is 1. The van der Waals surface area contributed by atoms with Gasteiger partial charge in [0.2, 0.25) is 0 Å². The molecule has 1 amide bonds. The van der Waals surface area contributed by atoms with Gasteiger partial charge >= 0.3 is 0 Å². The van der Waals surface area contributed by atoms with Gasteiger partial charge < -0.3 is 20.7 Å². The second kappa shape index (κ2) is 8.20. The Morgan fingerprint density at radius 2 is 2.23 bits per heavy atom. The fourth-order valence-corrected chi connectivity index (χ4v) is 4.05. The number of nitrogens with zero attached hydrogens (tertiary/aromatic N) is 1. The Morgan fingerprint density at radius 3 is 3.00 bits per heavy atom. The molecule has 0 spiro atoms. The molecule has 4 unspecified atom stereocenters. The zero-order chi connectivity index (χ0) is 18.7. The third-order valence-electron chi connectivity index (χ3n) is 5.18. The molecule has 0 aliphatic carbocycles. The summed E-state index contributed by atoms with van der Waals surface area (Å²) >= 11 is 6.16. The Morgan fingerprint density at radius 1 is 1.42 bits per heavy atom. The van der Waals surface area contributed by atoms with E-state index >= 15 is 0 Å². The van der Waals surface area contributed by atoms with Gasteiger partial charge in [-0.15, -0.1) is 5.92 Å². The molecule has 3 rings (SSSR count). The molecule has 0 radical (unpaired) electrons. The molecule has 0 aromatic heterocycles. The van der Waals surface area contributed by atoms with E-state index in [2.05, 4.69) is 22.1 Å². The van der Waals surface area contributed by atoms with Crippen LogP contribution in [0.2, 0.25) is 5.02 Å². The fraction of sp³-hybridized carbons (Fsp3) is 0.550. The van der Waals surface area contributed by atoms with E-state index in [0.717, 1.165) is 25.9 Å². The van der Waals surface area contributed by atoms with Gasteiger partial charge in [0.25, 0.3) is 5.91 Å². The molecule has 1 aromatic rings. The lowest BCUT2D eigenvalue weighted by Gasteiger charge is -2.42. The van der Waals surface area contributed by atoms with E-state index in [-0.39, 0.29) is 18.1 Å². The second-order valence-electron chi connectivity index (χ2n) is 7.10. The van der Waals surface area contributed by atoms with E-state index in [1.165, 1.54) is 13.0 Å². The number of halogens is 1. The number of ether oxygens (including phenoxy) is 1. The first kappa shape index (κ1) is 18.9. The predicted molar refractivity (Wildman–Crippen MR) is 104 cm³/mol. The van der Waals surface area contributed by atoms with Gasteiger partial charge in [-0.05, 0) is 51.6 Å². The Balaban J connectivity index is 1.78. The van der Waals surface area contributed by atoms with Crippen LogP contribution in [0.4, 0.5) is 5.69 Å². The van der Waals surface area contributed by atoms with E-state index in [4.69, 9.17) is 22.1 Å². The maximum Gasteiger partial charge on any atom is 0.255 e. The molecule has 6 heteroatoms. The third-order valence-corrected chi connectivity index (χ3v) is 5.51. The summed E-state index contributed by atoms with van der Waals surface area (Å²) in [6.07, 6.45) is 3.00. The second-order valence-corrected chi connectivity index (χ2v) is 7.50. The molecule has 2 aliphatic heterocycles. The maximum absolute atomic E-state index is 13.0. The number of hydrogen-bond donors (Lipinski definition) is 2. The third kappa shape index (κ3) is 4.25. The monoisotopic (exact) mass is 375 g/mol. The summed E-state index contributed by atoms with van der Waals surface area (Å²) in [5.41, 5.74) is 6.70. The van der Waals surface area contributed by atoms with Crippen LogP contribution in [-0.2, 0) is 0 Å². The van der Waals surface area contributed by atoms with Crippen molar-refractivity contribution in [1.82, 2.24) is 10.2 Å². The van der Waals surface area contributed by atoms with Gasteiger partial charge in [0, 0.05) is 25.2 Å². The van der Waals surface area contributed by atoms with Gasteiger partial charge in [-0.2, -0.15) is 0 Å². The van der Waals surface area contributed by atoms with Crippen LogP contribution >= 0.6 is 11.6 Å². The van der Waals surface area contributed by atoms with Crippen molar-refractivity contribution < 1.29 is 9.53 Å². The van der Waals surface area contributed by atoms with Crippen LogP contribution in [-0.4, -0.2) is 42.6 Å². The first-order valence-corrected chi connectivity index (χ1v) is 9.57. The molecule has 5 nitrogen and oxygen atoms in total. The van der Waals surface area contributed by atoms with Gasteiger partial charge in [0.15, 0.2) is 6.10 Å². The normalized spacial score (nSPS) is 25.6. The highest BCUT2D eigenvalue weighted by Gasteiger charge is 2.33. The predicted octanol–water partition coefficient (Wildman–Crippen LogP) is 2.93. The van der Waals surface area contributed by atoms with Crippen LogP contribution in [0.3, 0.4) is 0 Å². The molecule has 1 aromatic carbocycles. The number of benzene rings is 1. The summed E-state index contributed by atoms with van der Waals surface area (Å²) in [6, 6.07) is 3.38. The first-order valence-electron chi connectivity index (χ1n) is 9.19. The molecule has 2 bridgehead atoms. The minimum atomic E-state index is -0.339. The van der Waals surface area contributed by atoms with Crippen molar-refractivity contribution in [3.63, 3.8) is 0 Å². The van der Waals surface area contributed by atoms with E-state index < -0.39 is 0 Å². The maximum atomic E-state index is 13.0. The van der Waals surface area contributed by atoms with Crippen molar-refractivity contribution >= 4 is 23.2 Å². The van der Waals surface area contributed by atoms with Gasteiger partial charge in [-0.25, -0.2) is 0 Å². The van der Waals surface area contributed by atoms with Crippen LogP contribution in [0.25, 0.3) is 0 Å². The Bertz CT molecular complexity index is 741. The Kier molecular flexibility index (Phi) is 5.95. The molecule has 2 fully saturated rings. The van der Waals surface area contributed by atoms with Gasteiger partial charge in [0.05, 0.1) is 16.3 Å². The molecular formula is C20H26ClN3O2. The van der Waals surface area contributed by atoms with Crippen molar-refractivity contribution in [2.45, 2.75) is 45.3 Å². The number of rotatable bonds is 4. The largest absolute Gasteiger partial charge is 0.477 e. The first-order chi connectivity index (χ1) is 12.5. The minimum absolute atomic E-state index is 0.164. The molecule has 2 aliphatic rings. The molecule has 26 heavy (non-hydrogen) atoms. The van der Waals surface area contributed by atoms with Crippen molar-refractivity contribution in [3.8, 4) is 17.6 Å². The number of anilines is 1. The number of amides is 1. The summed E-state index contributed by atoms with van der Waals surface area (Å²) in [5, 5.41) is 3.55. The Labute approximate surface area is 160 Å². The molecule has 3 N–H and O–H groups in total. The van der Waals surface area contributed by atoms with Gasteiger partial charge in [0.1, 0.15) is 5.75 Å². The number of nitrogens with one attached hydrogen (secondary N) is 1. The lowest BCUT2D eigenvalue weighted by atomic mass is 9.85. The highest BCUT2D eigenvalue weighted by atomic mass is 35.5. The summed E-state index contributed by atoms with van der Waals surface area (Å²) in [4.78, 5) is 15.4. The molecule has 4 atom stereocenters. The number of carbonyl (C=O) groups is 1. The van der Waals surface area contributed by atoms with Crippen LogP contribution in [0.1, 0.15) is 43.5 Å². The average Bonchev–Trinajstić information content (AvgIpc) is 2.61. The van der Waals surface area contributed by atoms with E-state index in [9.17, 15) is 4.79 Å². The van der Waals surface area contributed by atoms with Crippen LogP contribution < -0.4 is 15.8 Å². The van der Waals surface area contributed by atoms with Crippen molar-refractivity contribution in [2.75, 3.05) is 25.4 Å². The van der Waals surface area contributed by atoms with E-state index in [1.54, 1.807) is 19.1 Å². The molecule has 2 saturated heterocycles. The molecule has 2 heterocycles. The van der Waals surface area contributed by atoms with Gasteiger partial charge in [-0.3, -0.25) is 4.79 Å². The number of hydrogen-bond acceptors (Lipinski definition) is 4. The molecule has 140 valence electrons. The average molecular weight is 376 g/mol. The summed E-state index contributed by atoms with van der Waals surface area (Å²) in [7, 11) is 0. The van der Waals surface area contributed by atoms with Crippen LogP contribution in [0.5, 0.6) is 5.75 Å². The van der Waals surface area contributed by atoms with E-state index in [0.29, 0.717) is 27.9 Å². The number of nitrogens with two attached hydrogens (primary N) is 1. The smallest absolute Gasteiger partial charge is 0.255 e. The zero-order valence-corrected chi connectivity index (χ0v) is 16.1. The van der Waals surface area contributed by atoms with Crippen LogP contribution in [0.15, 0.2) is 12.1 Å². The summed E-state index contributed by atoms with van der Waals surface area (Å²) in [5.74, 6) is 6.50. The lowest BCUT2D eigenvalue weighted by molar-refractivity contribution is 0.0736. The van der Waals surface area contributed by atoms with Crippen molar-refractivity contribution in [1.29, 1.82) is 0 Å². The number of fused-ring (bicyclic) bond motifs is 2. The quantitative estimate of drug-likeness (QED) is 0.627. The highest BCUT2D eigenvalue weighted by molar-refractivity contribution is 6.33. The Hall–Kier alpha value is -1.90. The summed E-state index contributed by atoms with van der Waals surface area (Å²) in [6.45, 7) is 6.87. The fourth-order valence-electron chi connectivity index (χ4n) is 3.88. The summed E-state index contributed by atoms with van der Waals surface area (Å²) < 4.78 is 5.83. The highest BCUT2D eigenvalue weighted by Crippen LogP contribution is 2.31. The number of piperidine rings is 2. The standard InChI is InChI=1S/C20H26ClN3O2/c1-3-5-13(2)26-19-11-17(22)16(21)10-15(19)20(25)23-18-7-9-24-8-4-6-14(18)12-24/h10-11,13-14,18H,4,6-9,12,22H2,1-2H3,(H,23,25). The minimum Gasteiger partial charge on any atom is -0.477 e. The topological polar surface area (TPSA) is 67.6 Å². The lowest BCUT2D eigenvalue weighted by Crippen LogP contribution is -2.53. The van der Waals surface area contributed by atoms with E-state index in [1.807, 2.05) is 6.92 Å². The van der Waals surface area contributed by atoms with Crippen molar-refractivity contribution in [2.24, 2.45) is 5.92 Å². The number of carbonyl (C=O) groups excluding carboxylic acids is 1.